The number of piperidine rings is 1. The first kappa shape index (κ1) is 14.6. The molecule has 112 valence electrons. The molecule has 1 aliphatic rings. The average Bonchev–Trinajstić information content (AvgIpc) is 2.97. The van der Waals surface area contributed by atoms with Gasteiger partial charge in [0.05, 0.1) is 5.69 Å². The lowest BCUT2D eigenvalue weighted by molar-refractivity contribution is 0.126. The van der Waals surface area contributed by atoms with Gasteiger partial charge < -0.3 is 5.11 Å². The van der Waals surface area contributed by atoms with E-state index in [-0.39, 0.29) is 5.82 Å². The molecule has 1 aromatic carbocycles. The Balaban J connectivity index is 1.65. The molecule has 1 aromatic heterocycles. The van der Waals surface area contributed by atoms with Gasteiger partial charge in [-0.05, 0) is 44.0 Å². The fraction of sp³-hybridized carbons (Fsp3) is 0.438. The number of aliphatic hydroxyl groups excluding tert-OH is 1. The number of aliphatic hydroxyl groups is 1. The molecule has 0 saturated carbocycles. The molecule has 3 nitrogen and oxygen atoms in total. The van der Waals surface area contributed by atoms with Crippen LogP contribution in [0.2, 0.25) is 0 Å². The topological polar surface area (TPSA) is 36.4 Å². The number of thiazole rings is 1. The summed E-state index contributed by atoms with van der Waals surface area (Å²) in [5.74, 6) is 0.229. The highest BCUT2D eigenvalue weighted by atomic mass is 32.1. The van der Waals surface area contributed by atoms with E-state index in [2.05, 4.69) is 9.88 Å². The van der Waals surface area contributed by atoms with Gasteiger partial charge in [-0.3, -0.25) is 4.90 Å². The molecule has 5 heteroatoms. The van der Waals surface area contributed by atoms with Crippen LogP contribution in [0.25, 0.3) is 10.6 Å². The SMILES string of the molecule is OCC1CCN(Cc2csc(-c3ccccc3F)n2)CC1. The summed E-state index contributed by atoms with van der Waals surface area (Å²) in [5.41, 5.74) is 1.58. The molecule has 0 amide bonds. The summed E-state index contributed by atoms with van der Waals surface area (Å²) in [6, 6.07) is 6.76. The van der Waals surface area contributed by atoms with Crippen LogP contribution in [-0.2, 0) is 6.54 Å². The Morgan fingerprint density at radius 2 is 2.05 bits per heavy atom. The Bertz CT molecular complexity index is 593. The molecule has 0 aliphatic carbocycles. The second kappa shape index (κ2) is 6.64. The molecular weight excluding hydrogens is 287 g/mol. The summed E-state index contributed by atoms with van der Waals surface area (Å²) in [5, 5.41) is 11.9. The van der Waals surface area contributed by atoms with E-state index in [1.807, 2.05) is 11.4 Å². The van der Waals surface area contributed by atoms with Crippen molar-refractivity contribution >= 4 is 11.3 Å². The fourth-order valence-corrected chi connectivity index (χ4v) is 3.53. The first-order valence-corrected chi connectivity index (χ1v) is 8.16. The second-order valence-electron chi connectivity index (χ2n) is 5.53. The van der Waals surface area contributed by atoms with Gasteiger partial charge in [0.2, 0.25) is 0 Å². The number of aromatic nitrogens is 1. The van der Waals surface area contributed by atoms with Crippen molar-refractivity contribution in [3.63, 3.8) is 0 Å². The summed E-state index contributed by atoms with van der Waals surface area (Å²) in [6.07, 6.45) is 2.08. The quantitative estimate of drug-likeness (QED) is 0.942. The Hall–Kier alpha value is -1.30. The zero-order valence-corrected chi connectivity index (χ0v) is 12.7. The van der Waals surface area contributed by atoms with Crippen LogP contribution in [0.15, 0.2) is 29.6 Å². The molecule has 1 fully saturated rings. The van der Waals surface area contributed by atoms with E-state index < -0.39 is 0 Å². The number of nitrogens with zero attached hydrogens (tertiary/aromatic N) is 2. The molecule has 0 spiro atoms. The standard InChI is InChI=1S/C16H19FN2OS/c17-15-4-2-1-3-14(15)16-18-13(11-21-16)9-19-7-5-12(10-20)6-8-19/h1-4,11-12,20H,5-10H2. The van der Waals surface area contributed by atoms with Crippen LogP contribution in [0.1, 0.15) is 18.5 Å². The van der Waals surface area contributed by atoms with Gasteiger partial charge in [0.25, 0.3) is 0 Å². The minimum Gasteiger partial charge on any atom is -0.396 e. The Kier molecular flexibility index (Phi) is 4.63. The van der Waals surface area contributed by atoms with Gasteiger partial charge in [-0.2, -0.15) is 0 Å². The Morgan fingerprint density at radius 1 is 1.29 bits per heavy atom. The van der Waals surface area contributed by atoms with E-state index >= 15 is 0 Å². The smallest absolute Gasteiger partial charge is 0.133 e. The monoisotopic (exact) mass is 306 g/mol. The van der Waals surface area contributed by atoms with Gasteiger partial charge in [0.1, 0.15) is 10.8 Å². The largest absolute Gasteiger partial charge is 0.396 e. The van der Waals surface area contributed by atoms with Crippen LogP contribution < -0.4 is 0 Å². The van der Waals surface area contributed by atoms with Crippen molar-refractivity contribution in [2.45, 2.75) is 19.4 Å². The number of likely N-dealkylation sites (tertiary alicyclic amines) is 1. The molecule has 0 radical (unpaired) electrons. The summed E-state index contributed by atoms with van der Waals surface area (Å²) in [6.45, 7) is 3.10. The molecule has 0 bridgehead atoms. The number of hydrogen-bond acceptors (Lipinski definition) is 4. The predicted octanol–water partition coefficient (Wildman–Crippen LogP) is 3.15. The summed E-state index contributed by atoms with van der Waals surface area (Å²) >= 11 is 1.49. The van der Waals surface area contributed by atoms with Gasteiger partial charge in [0, 0.05) is 24.1 Å². The van der Waals surface area contributed by atoms with Gasteiger partial charge in [0.15, 0.2) is 0 Å². The van der Waals surface area contributed by atoms with E-state index in [9.17, 15) is 4.39 Å². The van der Waals surface area contributed by atoms with E-state index in [4.69, 9.17) is 5.11 Å². The molecule has 3 rings (SSSR count). The van der Waals surface area contributed by atoms with E-state index in [1.54, 1.807) is 12.1 Å². The zero-order valence-electron chi connectivity index (χ0n) is 11.8. The summed E-state index contributed by atoms with van der Waals surface area (Å²) in [4.78, 5) is 6.92. The Morgan fingerprint density at radius 3 is 2.76 bits per heavy atom. The van der Waals surface area contributed by atoms with Crippen molar-refractivity contribution in [3.05, 3.63) is 41.2 Å². The van der Waals surface area contributed by atoms with Crippen molar-refractivity contribution in [3.8, 4) is 10.6 Å². The van der Waals surface area contributed by atoms with Gasteiger partial charge in [-0.15, -0.1) is 11.3 Å². The van der Waals surface area contributed by atoms with Gasteiger partial charge in [-0.1, -0.05) is 12.1 Å². The molecule has 1 N–H and O–H groups in total. The highest BCUT2D eigenvalue weighted by Gasteiger charge is 2.19. The first-order valence-electron chi connectivity index (χ1n) is 7.29. The molecule has 0 unspecified atom stereocenters. The third kappa shape index (κ3) is 3.48. The van der Waals surface area contributed by atoms with Crippen LogP contribution in [0.3, 0.4) is 0 Å². The fourth-order valence-electron chi connectivity index (χ4n) is 2.69. The van der Waals surface area contributed by atoms with Crippen molar-refractivity contribution in [1.29, 1.82) is 0 Å². The lowest BCUT2D eigenvalue weighted by atomic mass is 9.98. The maximum atomic E-state index is 13.8. The molecular formula is C16H19FN2OS. The zero-order chi connectivity index (χ0) is 14.7. The molecule has 2 aromatic rings. The van der Waals surface area contributed by atoms with Crippen LogP contribution >= 0.6 is 11.3 Å². The minimum absolute atomic E-state index is 0.220. The summed E-state index contributed by atoms with van der Waals surface area (Å²) < 4.78 is 13.8. The predicted molar refractivity (Wildman–Crippen MR) is 82.6 cm³/mol. The van der Waals surface area contributed by atoms with Crippen molar-refractivity contribution in [2.75, 3.05) is 19.7 Å². The number of halogens is 1. The molecule has 0 atom stereocenters. The van der Waals surface area contributed by atoms with Crippen molar-refractivity contribution in [1.82, 2.24) is 9.88 Å². The second-order valence-corrected chi connectivity index (χ2v) is 6.38. The lowest BCUT2D eigenvalue weighted by Gasteiger charge is -2.30. The maximum absolute atomic E-state index is 13.8. The van der Waals surface area contributed by atoms with Gasteiger partial charge >= 0.3 is 0 Å². The molecule has 1 aliphatic heterocycles. The molecule has 2 heterocycles. The number of benzene rings is 1. The van der Waals surface area contributed by atoms with E-state index in [1.165, 1.54) is 17.4 Å². The van der Waals surface area contributed by atoms with Gasteiger partial charge in [-0.25, -0.2) is 9.37 Å². The highest BCUT2D eigenvalue weighted by Crippen LogP contribution is 2.27. The molecule has 1 saturated heterocycles. The first-order chi connectivity index (χ1) is 10.3. The highest BCUT2D eigenvalue weighted by molar-refractivity contribution is 7.13. The van der Waals surface area contributed by atoms with Crippen LogP contribution in [-0.4, -0.2) is 34.7 Å². The van der Waals surface area contributed by atoms with E-state index in [0.717, 1.165) is 43.2 Å². The molecule has 21 heavy (non-hydrogen) atoms. The maximum Gasteiger partial charge on any atom is 0.133 e. The third-order valence-electron chi connectivity index (χ3n) is 4.01. The third-order valence-corrected chi connectivity index (χ3v) is 4.93. The lowest BCUT2D eigenvalue weighted by Crippen LogP contribution is -2.34. The van der Waals surface area contributed by atoms with E-state index in [0.29, 0.717) is 18.1 Å². The van der Waals surface area contributed by atoms with Crippen molar-refractivity contribution < 1.29 is 9.50 Å². The van der Waals surface area contributed by atoms with Crippen LogP contribution in [0.5, 0.6) is 0 Å². The van der Waals surface area contributed by atoms with Crippen LogP contribution in [0.4, 0.5) is 4.39 Å². The average molecular weight is 306 g/mol. The Labute approximate surface area is 128 Å². The van der Waals surface area contributed by atoms with Crippen LogP contribution in [0, 0.1) is 11.7 Å². The number of hydrogen-bond donors (Lipinski definition) is 1. The van der Waals surface area contributed by atoms with Crippen molar-refractivity contribution in [2.24, 2.45) is 5.92 Å². The minimum atomic E-state index is -0.220. The number of rotatable bonds is 4. The normalized spacial score (nSPS) is 17.2. The summed E-state index contributed by atoms with van der Waals surface area (Å²) in [7, 11) is 0.